The van der Waals surface area contributed by atoms with Crippen LogP contribution in [0.2, 0.25) is 0 Å². The summed E-state index contributed by atoms with van der Waals surface area (Å²) in [5.74, 6) is 0. The molecule has 1 aromatic rings. The van der Waals surface area contributed by atoms with Crippen LogP contribution in [0.5, 0.6) is 0 Å². The van der Waals surface area contributed by atoms with Crippen molar-refractivity contribution in [1.29, 1.82) is 0 Å². The smallest absolute Gasteiger partial charge is 0.318 e. The summed E-state index contributed by atoms with van der Waals surface area (Å²) >= 11 is 0. The van der Waals surface area contributed by atoms with E-state index in [0.29, 0.717) is 13.1 Å². The topological polar surface area (TPSA) is 50.2 Å². The van der Waals surface area contributed by atoms with Crippen molar-refractivity contribution in [2.45, 2.75) is 60.0 Å². The highest BCUT2D eigenvalue weighted by atomic mass is 16.2. The SMILES string of the molecule is C=C(C)CN(CC)C(=O)N[C@@H](C)c1cn(C(C)(C)C)nc1C. The normalized spacial score (nSPS) is 12.9. The van der Waals surface area contributed by atoms with Gasteiger partial charge < -0.3 is 10.2 Å². The lowest BCUT2D eigenvalue weighted by atomic mass is 10.1. The third kappa shape index (κ3) is 4.61. The van der Waals surface area contributed by atoms with Crippen molar-refractivity contribution in [2.75, 3.05) is 13.1 Å². The number of hydrogen-bond acceptors (Lipinski definition) is 2. The summed E-state index contributed by atoms with van der Waals surface area (Å²) in [6.45, 7) is 19.3. The fraction of sp³-hybridized carbons (Fsp3) is 0.647. The quantitative estimate of drug-likeness (QED) is 0.845. The average molecular weight is 306 g/mol. The molecule has 1 rings (SSSR count). The van der Waals surface area contributed by atoms with Crippen LogP contribution in [0.3, 0.4) is 0 Å². The van der Waals surface area contributed by atoms with Crippen molar-refractivity contribution < 1.29 is 4.79 Å². The molecule has 0 fully saturated rings. The van der Waals surface area contributed by atoms with Crippen molar-refractivity contribution >= 4 is 6.03 Å². The van der Waals surface area contributed by atoms with E-state index in [-0.39, 0.29) is 17.6 Å². The molecule has 1 N–H and O–H groups in total. The minimum Gasteiger partial charge on any atom is -0.331 e. The molecule has 0 unspecified atom stereocenters. The summed E-state index contributed by atoms with van der Waals surface area (Å²) in [4.78, 5) is 14.1. The molecule has 0 aliphatic rings. The number of carbonyl (C=O) groups is 1. The molecule has 0 spiro atoms. The highest BCUT2D eigenvalue weighted by Crippen LogP contribution is 2.21. The molecule has 5 nitrogen and oxygen atoms in total. The summed E-state index contributed by atoms with van der Waals surface area (Å²) in [5, 5.41) is 7.61. The van der Waals surface area contributed by atoms with Crippen LogP contribution in [0, 0.1) is 6.92 Å². The Hall–Kier alpha value is -1.78. The van der Waals surface area contributed by atoms with Crippen molar-refractivity contribution in [1.82, 2.24) is 20.0 Å². The van der Waals surface area contributed by atoms with E-state index in [2.05, 4.69) is 37.8 Å². The van der Waals surface area contributed by atoms with Gasteiger partial charge in [-0.05, 0) is 48.5 Å². The Morgan fingerprint density at radius 1 is 1.50 bits per heavy atom. The van der Waals surface area contributed by atoms with E-state index in [1.807, 2.05) is 38.6 Å². The van der Waals surface area contributed by atoms with Crippen LogP contribution < -0.4 is 5.32 Å². The van der Waals surface area contributed by atoms with Crippen LogP contribution in [-0.4, -0.2) is 33.8 Å². The van der Waals surface area contributed by atoms with Gasteiger partial charge in [-0.25, -0.2) is 4.79 Å². The Kier molecular flexibility index (Phi) is 5.80. The molecule has 1 aromatic heterocycles. The van der Waals surface area contributed by atoms with Gasteiger partial charge in [0.2, 0.25) is 0 Å². The second kappa shape index (κ2) is 6.99. The van der Waals surface area contributed by atoms with E-state index >= 15 is 0 Å². The molecule has 0 aliphatic carbocycles. The molecule has 0 saturated carbocycles. The highest BCUT2D eigenvalue weighted by Gasteiger charge is 2.21. The van der Waals surface area contributed by atoms with Gasteiger partial charge in [0.15, 0.2) is 0 Å². The highest BCUT2D eigenvalue weighted by molar-refractivity contribution is 5.75. The average Bonchev–Trinajstić information content (AvgIpc) is 2.77. The van der Waals surface area contributed by atoms with Gasteiger partial charge in [0.1, 0.15) is 0 Å². The lowest BCUT2D eigenvalue weighted by Crippen LogP contribution is -2.41. The molecular weight excluding hydrogens is 276 g/mol. The number of nitrogens with one attached hydrogen (secondary N) is 1. The zero-order chi connectivity index (χ0) is 17.1. The predicted octanol–water partition coefficient (Wildman–Crippen LogP) is 3.62. The molecule has 1 heterocycles. The third-order valence-electron chi connectivity index (χ3n) is 3.56. The van der Waals surface area contributed by atoms with Crippen LogP contribution in [-0.2, 0) is 5.54 Å². The lowest BCUT2D eigenvalue weighted by molar-refractivity contribution is 0.201. The van der Waals surface area contributed by atoms with Crippen molar-refractivity contribution in [3.8, 4) is 0 Å². The summed E-state index contributed by atoms with van der Waals surface area (Å²) in [7, 11) is 0. The molecule has 0 aliphatic heterocycles. The minimum absolute atomic E-state index is 0.0673. The number of aryl methyl sites for hydroxylation is 1. The Bertz CT molecular complexity index is 539. The van der Waals surface area contributed by atoms with Gasteiger partial charge in [-0.2, -0.15) is 5.10 Å². The summed E-state index contributed by atoms with van der Waals surface area (Å²) in [6, 6.07) is -0.149. The van der Waals surface area contributed by atoms with Crippen molar-refractivity contribution in [2.24, 2.45) is 0 Å². The molecule has 1 atom stereocenters. The van der Waals surface area contributed by atoms with Crippen molar-refractivity contribution in [3.05, 3.63) is 29.6 Å². The minimum atomic E-state index is -0.0808. The zero-order valence-corrected chi connectivity index (χ0v) is 15.0. The van der Waals surface area contributed by atoms with E-state index in [9.17, 15) is 4.79 Å². The first kappa shape index (κ1) is 18.3. The van der Waals surface area contributed by atoms with Crippen LogP contribution in [0.15, 0.2) is 18.3 Å². The van der Waals surface area contributed by atoms with Crippen molar-refractivity contribution in [3.63, 3.8) is 0 Å². The van der Waals surface area contributed by atoms with E-state index in [0.717, 1.165) is 16.8 Å². The Balaban J connectivity index is 2.84. The Morgan fingerprint density at radius 3 is 2.50 bits per heavy atom. The number of amides is 2. The maximum atomic E-state index is 12.4. The predicted molar refractivity (Wildman–Crippen MR) is 91.0 cm³/mol. The number of hydrogen-bond donors (Lipinski definition) is 1. The van der Waals surface area contributed by atoms with E-state index in [4.69, 9.17) is 0 Å². The summed E-state index contributed by atoms with van der Waals surface area (Å²) in [6.07, 6.45) is 2.02. The maximum absolute atomic E-state index is 12.4. The van der Waals surface area contributed by atoms with E-state index in [1.165, 1.54) is 0 Å². The Labute approximate surface area is 134 Å². The van der Waals surface area contributed by atoms with Gasteiger partial charge in [0.05, 0.1) is 17.3 Å². The largest absolute Gasteiger partial charge is 0.331 e. The van der Waals surface area contributed by atoms with Gasteiger partial charge in [0.25, 0.3) is 0 Å². The monoisotopic (exact) mass is 306 g/mol. The number of aromatic nitrogens is 2. The molecule has 0 saturated heterocycles. The van der Waals surface area contributed by atoms with Gasteiger partial charge in [-0.3, -0.25) is 4.68 Å². The number of carbonyl (C=O) groups excluding carboxylic acids is 1. The molecule has 2 amide bonds. The third-order valence-corrected chi connectivity index (χ3v) is 3.56. The number of rotatable bonds is 5. The van der Waals surface area contributed by atoms with E-state index < -0.39 is 0 Å². The van der Waals surface area contributed by atoms with Gasteiger partial charge in [0, 0.05) is 24.8 Å². The molecule has 0 bridgehead atoms. The number of nitrogens with zero attached hydrogens (tertiary/aromatic N) is 3. The van der Waals surface area contributed by atoms with Gasteiger partial charge in [-0.15, -0.1) is 0 Å². The standard InChI is InChI=1S/C17H30N4O/c1-9-20(10-12(2)3)16(22)18-13(4)15-11-21(17(6,7)8)19-14(15)5/h11,13H,2,9-10H2,1,3-8H3,(H,18,22)/t13-/m0/s1. The molecule has 0 aromatic carbocycles. The first-order valence-corrected chi connectivity index (χ1v) is 7.82. The van der Waals surface area contributed by atoms with Gasteiger partial charge in [-0.1, -0.05) is 12.2 Å². The van der Waals surface area contributed by atoms with Crippen LogP contribution in [0.25, 0.3) is 0 Å². The van der Waals surface area contributed by atoms with Gasteiger partial charge >= 0.3 is 6.03 Å². The molecule has 5 heteroatoms. The summed E-state index contributed by atoms with van der Waals surface area (Å²) in [5.41, 5.74) is 2.91. The fourth-order valence-corrected chi connectivity index (χ4v) is 2.25. The van der Waals surface area contributed by atoms with Crippen LogP contribution >= 0.6 is 0 Å². The molecule has 0 radical (unpaired) electrons. The molecule has 22 heavy (non-hydrogen) atoms. The van der Waals surface area contributed by atoms with E-state index in [1.54, 1.807) is 4.90 Å². The number of urea groups is 1. The maximum Gasteiger partial charge on any atom is 0.318 e. The van der Waals surface area contributed by atoms with Crippen LogP contribution in [0.1, 0.15) is 58.8 Å². The lowest BCUT2D eigenvalue weighted by Gasteiger charge is -2.24. The first-order valence-electron chi connectivity index (χ1n) is 7.82. The Morgan fingerprint density at radius 2 is 2.09 bits per heavy atom. The second-order valence-electron chi connectivity index (χ2n) is 6.93. The zero-order valence-electron chi connectivity index (χ0n) is 15.0. The molecular formula is C17H30N4O. The fourth-order valence-electron chi connectivity index (χ4n) is 2.25. The first-order chi connectivity index (χ1) is 10.1. The summed E-state index contributed by atoms with van der Waals surface area (Å²) < 4.78 is 1.95. The second-order valence-corrected chi connectivity index (χ2v) is 6.93. The van der Waals surface area contributed by atoms with Crippen LogP contribution in [0.4, 0.5) is 4.79 Å². The number of likely N-dealkylation sites (N-methyl/N-ethyl adjacent to an activating group) is 1. The molecule has 124 valence electrons.